The molecule has 2 aromatic rings. The lowest BCUT2D eigenvalue weighted by molar-refractivity contribution is 0.305. The second-order valence-corrected chi connectivity index (χ2v) is 4.90. The van der Waals surface area contributed by atoms with Gasteiger partial charge in [-0.3, -0.25) is 0 Å². The third kappa shape index (κ3) is 1.50. The summed E-state index contributed by atoms with van der Waals surface area (Å²) < 4.78 is 0. The van der Waals surface area contributed by atoms with Gasteiger partial charge in [0.15, 0.2) is 0 Å². The molecule has 4 heteroatoms. The van der Waals surface area contributed by atoms with E-state index in [9.17, 15) is 0 Å². The summed E-state index contributed by atoms with van der Waals surface area (Å²) in [4.78, 5) is 7.76. The van der Waals surface area contributed by atoms with Crippen molar-refractivity contribution < 1.29 is 0 Å². The summed E-state index contributed by atoms with van der Waals surface area (Å²) >= 11 is 0. The maximum Gasteiger partial charge on any atom is 0.201 e. The van der Waals surface area contributed by atoms with E-state index >= 15 is 0 Å². The highest BCUT2D eigenvalue weighted by Gasteiger charge is 2.32. The Labute approximate surface area is 94.3 Å². The number of H-pyrrole nitrogens is 1. The van der Waals surface area contributed by atoms with Crippen molar-refractivity contribution in [1.29, 1.82) is 0 Å². The van der Waals surface area contributed by atoms with Gasteiger partial charge in [0.2, 0.25) is 5.95 Å². The molecule has 0 saturated heterocycles. The first-order chi connectivity index (χ1) is 7.65. The van der Waals surface area contributed by atoms with Crippen LogP contribution in [0.1, 0.15) is 26.2 Å². The van der Waals surface area contributed by atoms with Crippen LogP contribution in [0.5, 0.6) is 0 Å². The number of hydrogen-bond acceptors (Lipinski definition) is 3. The third-order valence-corrected chi connectivity index (χ3v) is 3.38. The van der Waals surface area contributed by atoms with Gasteiger partial charge < -0.3 is 16.0 Å². The number of hydrogen-bond donors (Lipinski definition) is 3. The number of anilines is 2. The summed E-state index contributed by atoms with van der Waals surface area (Å²) in [5.74, 6) is 0.850. The first-order valence-corrected chi connectivity index (χ1v) is 5.68. The number of fused-ring (bicyclic) bond motifs is 1. The van der Waals surface area contributed by atoms with E-state index in [1.165, 1.54) is 19.3 Å². The van der Waals surface area contributed by atoms with E-state index in [4.69, 9.17) is 5.73 Å². The number of nitrogens with two attached hydrogens (primary N) is 1. The standard InChI is InChI=1S/C12H16N4/c1-12(5-2-6-12)16-11-14-9-4-3-8(13)7-10(9)15-11/h3-4,7H,2,5-6,13H2,1H3,(H2,14,15,16). The summed E-state index contributed by atoms with van der Waals surface area (Å²) in [6.45, 7) is 2.23. The molecule has 1 heterocycles. The van der Waals surface area contributed by atoms with Crippen LogP contribution in [0.15, 0.2) is 18.2 Å². The quantitative estimate of drug-likeness (QED) is 0.676. The smallest absolute Gasteiger partial charge is 0.201 e. The van der Waals surface area contributed by atoms with E-state index in [1.807, 2.05) is 18.2 Å². The Morgan fingerprint density at radius 2 is 2.25 bits per heavy atom. The molecule has 0 unspecified atom stereocenters. The zero-order chi connectivity index (χ0) is 11.2. The normalized spacial score (nSPS) is 18.3. The molecule has 84 valence electrons. The molecule has 0 atom stereocenters. The Bertz CT molecular complexity index is 525. The topological polar surface area (TPSA) is 66.7 Å². The molecule has 1 aliphatic carbocycles. The van der Waals surface area contributed by atoms with Gasteiger partial charge in [0, 0.05) is 11.2 Å². The minimum Gasteiger partial charge on any atom is -0.399 e. The van der Waals surface area contributed by atoms with Gasteiger partial charge in [-0.05, 0) is 44.4 Å². The summed E-state index contributed by atoms with van der Waals surface area (Å²) in [5, 5.41) is 3.46. The zero-order valence-electron chi connectivity index (χ0n) is 9.38. The van der Waals surface area contributed by atoms with Gasteiger partial charge in [-0.25, -0.2) is 4.98 Å². The lowest BCUT2D eigenvalue weighted by Crippen LogP contribution is -2.41. The highest BCUT2D eigenvalue weighted by molar-refractivity contribution is 5.80. The van der Waals surface area contributed by atoms with Crippen molar-refractivity contribution in [2.75, 3.05) is 11.1 Å². The molecule has 0 amide bonds. The Kier molecular flexibility index (Phi) is 1.87. The van der Waals surface area contributed by atoms with Gasteiger partial charge in [-0.1, -0.05) is 0 Å². The molecule has 1 saturated carbocycles. The molecule has 1 aromatic heterocycles. The van der Waals surface area contributed by atoms with Crippen LogP contribution in [-0.4, -0.2) is 15.5 Å². The lowest BCUT2D eigenvalue weighted by atomic mass is 9.79. The van der Waals surface area contributed by atoms with E-state index in [0.717, 1.165) is 22.7 Å². The van der Waals surface area contributed by atoms with Crippen LogP contribution in [0.3, 0.4) is 0 Å². The largest absolute Gasteiger partial charge is 0.399 e. The maximum absolute atomic E-state index is 5.73. The zero-order valence-corrected chi connectivity index (χ0v) is 9.38. The number of aromatic amines is 1. The molecule has 0 aliphatic heterocycles. The fourth-order valence-corrected chi connectivity index (χ4v) is 2.20. The molecular formula is C12H16N4. The van der Waals surface area contributed by atoms with Crippen molar-refractivity contribution >= 4 is 22.7 Å². The molecule has 3 rings (SSSR count). The molecule has 0 bridgehead atoms. The average molecular weight is 216 g/mol. The van der Waals surface area contributed by atoms with Crippen LogP contribution in [0, 0.1) is 0 Å². The highest BCUT2D eigenvalue weighted by atomic mass is 15.2. The molecule has 0 radical (unpaired) electrons. The van der Waals surface area contributed by atoms with Gasteiger partial charge in [-0.15, -0.1) is 0 Å². The van der Waals surface area contributed by atoms with Crippen molar-refractivity contribution in [2.45, 2.75) is 31.7 Å². The second-order valence-electron chi connectivity index (χ2n) is 4.90. The monoisotopic (exact) mass is 216 g/mol. The highest BCUT2D eigenvalue weighted by Crippen LogP contribution is 2.34. The Hall–Kier alpha value is -1.71. The van der Waals surface area contributed by atoms with Crippen molar-refractivity contribution in [3.8, 4) is 0 Å². The third-order valence-electron chi connectivity index (χ3n) is 3.38. The summed E-state index contributed by atoms with van der Waals surface area (Å²) in [5.41, 5.74) is 8.66. The predicted molar refractivity (Wildman–Crippen MR) is 66.4 cm³/mol. The van der Waals surface area contributed by atoms with Crippen molar-refractivity contribution in [3.05, 3.63) is 18.2 Å². The lowest BCUT2D eigenvalue weighted by Gasteiger charge is -2.38. The number of nitrogens with one attached hydrogen (secondary N) is 2. The Morgan fingerprint density at radius 3 is 2.94 bits per heavy atom. The molecule has 16 heavy (non-hydrogen) atoms. The molecular weight excluding hydrogens is 200 g/mol. The van der Waals surface area contributed by atoms with E-state index < -0.39 is 0 Å². The van der Waals surface area contributed by atoms with E-state index in [0.29, 0.717) is 0 Å². The van der Waals surface area contributed by atoms with E-state index in [2.05, 4.69) is 22.2 Å². The summed E-state index contributed by atoms with van der Waals surface area (Å²) in [6.07, 6.45) is 3.73. The molecule has 4 N–H and O–H groups in total. The first kappa shape index (κ1) is 9.51. The maximum atomic E-state index is 5.73. The van der Waals surface area contributed by atoms with Gasteiger partial charge in [-0.2, -0.15) is 0 Å². The van der Waals surface area contributed by atoms with Crippen LogP contribution >= 0.6 is 0 Å². The fraction of sp³-hybridized carbons (Fsp3) is 0.417. The van der Waals surface area contributed by atoms with Crippen molar-refractivity contribution in [2.24, 2.45) is 0 Å². The van der Waals surface area contributed by atoms with Crippen molar-refractivity contribution in [1.82, 2.24) is 9.97 Å². The number of rotatable bonds is 2. The van der Waals surface area contributed by atoms with Gasteiger partial charge in [0.1, 0.15) is 0 Å². The molecule has 4 nitrogen and oxygen atoms in total. The molecule has 1 aliphatic rings. The first-order valence-electron chi connectivity index (χ1n) is 5.68. The van der Waals surface area contributed by atoms with Crippen LogP contribution in [-0.2, 0) is 0 Å². The van der Waals surface area contributed by atoms with Gasteiger partial charge in [0.25, 0.3) is 0 Å². The molecule has 1 aromatic carbocycles. The van der Waals surface area contributed by atoms with Crippen LogP contribution in [0.25, 0.3) is 11.0 Å². The fourth-order valence-electron chi connectivity index (χ4n) is 2.20. The number of nitrogen functional groups attached to an aromatic ring is 1. The minimum absolute atomic E-state index is 0.222. The van der Waals surface area contributed by atoms with Crippen LogP contribution in [0.2, 0.25) is 0 Å². The molecule has 0 spiro atoms. The number of imidazole rings is 1. The van der Waals surface area contributed by atoms with Gasteiger partial charge >= 0.3 is 0 Å². The summed E-state index contributed by atoms with van der Waals surface area (Å²) in [6, 6.07) is 5.73. The number of aromatic nitrogens is 2. The summed E-state index contributed by atoms with van der Waals surface area (Å²) in [7, 11) is 0. The minimum atomic E-state index is 0.222. The van der Waals surface area contributed by atoms with Crippen molar-refractivity contribution in [3.63, 3.8) is 0 Å². The van der Waals surface area contributed by atoms with E-state index in [-0.39, 0.29) is 5.54 Å². The van der Waals surface area contributed by atoms with E-state index in [1.54, 1.807) is 0 Å². The average Bonchev–Trinajstić information content (AvgIpc) is 2.56. The van der Waals surface area contributed by atoms with Crippen LogP contribution in [0.4, 0.5) is 11.6 Å². The molecule has 1 fully saturated rings. The Morgan fingerprint density at radius 1 is 1.44 bits per heavy atom. The Balaban J connectivity index is 1.93. The second kappa shape index (κ2) is 3.14. The van der Waals surface area contributed by atoms with Gasteiger partial charge in [0.05, 0.1) is 11.0 Å². The predicted octanol–water partition coefficient (Wildman–Crippen LogP) is 2.50. The number of nitrogens with zero attached hydrogens (tertiary/aromatic N) is 1. The number of benzene rings is 1. The van der Waals surface area contributed by atoms with Crippen LogP contribution < -0.4 is 11.1 Å². The SMILES string of the molecule is CC1(Nc2nc3ccc(N)cc3[nH]2)CCC1.